The van der Waals surface area contributed by atoms with E-state index in [2.05, 4.69) is 5.32 Å². The molecule has 5 N–H and O–H groups in total. The van der Waals surface area contributed by atoms with Crippen molar-refractivity contribution in [2.24, 2.45) is 0 Å². The van der Waals surface area contributed by atoms with Gasteiger partial charge in [-0.2, -0.15) is 0 Å². The normalized spacial score (nSPS) is 30.2. The lowest BCUT2D eigenvalue weighted by Crippen LogP contribution is -2.60. The first kappa shape index (κ1) is 18.9. The van der Waals surface area contributed by atoms with Crippen LogP contribution in [0.1, 0.15) is 12.5 Å². The molecule has 1 saturated heterocycles. The monoisotopic (exact) mass is 343 g/mol. The van der Waals surface area contributed by atoms with Crippen molar-refractivity contribution in [1.29, 1.82) is 0 Å². The number of anilines is 1. The van der Waals surface area contributed by atoms with Crippen LogP contribution in [0.15, 0.2) is 18.2 Å². The van der Waals surface area contributed by atoms with Gasteiger partial charge < -0.3 is 40.0 Å². The standard InChI is InChI=1S/C16H25NO7/c1-3-17-10-6-9(8-22-2)4-5-11(10)23-16-15(21)14(20)13(19)12(7-18)24-16/h4-6,12-21H,3,7-8H2,1-2H3. The highest BCUT2D eigenvalue weighted by atomic mass is 16.7. The average molecular weight is 343 g/mol. The summed E-state index contributed by atoms with van der Waals surface area (Å²) in [6, 6.07) is 5.36. The summed E-state index contributed by atoms with van der Waals surface area (Å²) in [4.78, 5) is 0. The van der Waals surface area contributed by atoms with Crippen LogP contribution in [0.4, 0.5) is 5.69 Å². The van der Waals surface area contributed by atoms with Crippen molar-refractivity contribution in [1.82, 2.24) is 0 Å². The van der Waals surface area contributed by atoms with Gasteiger partial charge in [0, 0.05) is 13.7 Å². The zero-order chi connectivity index (χ0) is 17.7. The summed E-state index contributed by atoms with van der Waals surface area (Å²) in [6.45, 7) is 2.53. The molecule has 1 heterocycles. The highest BCUT2D eigenvalue weighted by Crippen LogP contribution is 2.30. The molecule has 5 atom stereocenters. The first-order valence-electron chi connectivity index (χ1n) is 7.84. The van der Waals surface area contributed by atoms with E-state index in [0.717, 1.165) is 5.56 Å². The van der Waals surface area contributed by atoms with Gasteiger partial charge in [0.15, 0.2) is 0 Å². The number of nitrogens with one attached hydrogen (secondary N) is 1. The van der Waals surface area contributed by atoms with Gasteiger partial charge in [-0.25, -0.2) is 0 Å². The highest BCUT2D eigenvalue weighted by Gasteiger charge is 2.44. The number of aliphatic hydroxyl groups excluding tert-OH is 4. The van der Waals surface area contributed by atoms with Crippen LogP contribution < -0.4 is 10.1 Å². The van der Waals surface area contributed by atoms with Gasteiger partial charge in [-0.05, 0) is 24.6 Å². The van der Waals surface area contributed by atoms with Crippen LogP contribution >= 0.6 is 0 Å². The smallest absolute Gasteiger partial charge is 0.229 e. The van der Waals surface area contributed by atoms with Crippen molar-refractivity contribution >= 4 is 5.69 Å². The molecule has 8 nitrogen and oxygen atoms in total. The minimum absolute atomic E-state index is 0.418. The van der Waals surface area contributed by atoms with Crippen LogP contribution in [0.5, 0.6) is 5.75 Å². The summed E-state index contributed by atoms with van der Waals surface area (Å²) in [5.41, 5.74) is 1.62. The molecule has 0 spiro atoms. The minimum atomic E-state index is -1.48. The summed E-state index contributed by atoms with van der Waals surface area (Å²) in [7, 11) is 1.60. The summed E-state index contributed by atoms with van der Waals surface area (Å²) < 4.78 is 16.1. The van der Waals surface area contributed by atoms with Crippen molar-refractivity contribution in [2.75, 3.05) is 25.6 Å². The number of ether oxygens (including phenoxy) is 3. The molecule has 1 aromatic carbocycles. The molecule has 5 unspecified atom stereocenters. The van der Waals surface area contributed by atoms with Gasteiger partial charge in [-0.15, -0.1) is 0 Å². The van der Waals surface area contributed by atoms with Crippen LogP contribution in [-0.4, -0.2) is 71.4 Å². The van der Waals surface area contributed by atoms with Gasteiger partial charge >= 0.3 is 0 Å². The van der Waals surface area contributed by atoms with E-state index in [1.54, 1.807) is 13.2 Å². The fraction of sp³-hybridized carbons (Fsp3) is 0.625. The van der Waals surface area contributed by atoms with Crippen LogP contribution in [0.2, 0.25) is 0 Å². The Morgan fingerprint density at radius 1 is 1.17 bits per heavy atom. The van der Waals surface area contributed by atoms with E-state index in [1.807, 2.05) is 19.1 Å². The second kappa shape index (κ2) is 8.61. The van der Waals surface area contributed by atoms with E-state index in [0.29, 0.717) is 24.6 Å². The number of aliphatic hydroxyl groups is 4. The number of rotatable bonds is 7. The molecular weight excluding hydrogens is 318 g/mol. The maximum atomic E-state index is 10.1. The van der Waals surface area contributed by atoms with Crippen molar-refractivity contribution in [3.8, 4) is 5.75 Å². The van der Waals surface area contributed by atoms with E-state index < -0.39 is 37.3 Å². The molecule has 1 aliphatic rings. The maximum Gasteiger partial charge on any atom is 0.229 e. The predicted molar refractivity (Wildman–Crippen MR) is 85.7 cm³/mol. The third-order valence-corrected chi connectivity index (χ3v) is 3.81. The first-order chi connectivity index (χ1) is 11.5. The molecule has 136 valence electrons. The molecule has 2 rings (SSSR count). The second-order valence-electron chi connectivity index (χ2n) is 5.61. The first-order valence-corrected chi connectivity index (χ1v) is 7.84. The fourth-order valence-corrected chi connectivity index (χ4v) is 2.55. The Morgan fingerprint density at radius 2 is 1.92 bits per heavy atom. The van der Waals surface area contributed by atoms with E-state index in [1.165, 1.54) is 0 Å². The molecular formula is C16H25NO7. The highest BCUT2D eigenvalue weighted by molar-refractivity contribution is 5.58. The van der Waals surface area contributed by atoms with Crippen LogP contribution in [-0.2, 0) is 16.1 Å². The molecule has 0 aliphatic carbocycles. The van der Waals surface area contributed by atoms with Gasteiger partial charge in [-0.3, -0.25) is 0 Å². The molecule has 0 saturated carbocycles. The second-order valence-corrected chi connectivity index (χ2v) is 5.61. The Morgan fingerprint density at radius 3 is 2.54 bits per heavy atom. The molecule has 0 aromatic heterocycles. The minimum Gasteiger partial charge on any atom is -0.460 e. The van der Waals surface area contributed by atoms with Gasteiger partial charge in [0.05, 0.1) is 18.9 Å². The van der Waals surface area contributed by atoms with Crippen molar-refractivity contribution in [3.05, 3.63) is 23.8 Å². The largest absolute Gasteiger partial charge is 0.460 e. The van der Waals surface area contributed by atoms with E-state index >= 15 is 0 Å². The van der Waals surface area contributed by atoms with Gasteiger partial charge in [-0.1, -0.05) is 6.07 Å². The van der Waals surface area contributed by atoms with Crippen molar-refractivity contribution < 1.29 is 34.6 Å². The van der Waals surface area contributed by atoms with Gasteiger partial charge in [0.2, 0.25) is 6.29 Å². The lowest BCUT2D eigenvalue weighted by molar-refractivity contribution is -0.277. The van der Waals surface area contributed by atoms with Crippen LogP contribution in [0.3, 0.4) is 0 Å². The van der Waals surface area contributed by atoms with E-state index in [4.69, 9.17) is 14.2 Å². The molecule has 24 heavy (non-hydrogen) atoms. The molecule has 1 aliphatic heterocycles. The summed E-state index contributed by atoms with van der Waals surface area (Å²) in [5.74, 6) is 0.418. The fourth-order valence-electron chi connectivity index (χ4n) is 2.55. The quantitative estimate of drug-likeness (QED) is 0.447. The summed E-state index contributed by atoms with van der Waals surface area (Å²) in [6.07, 6.45) is -6.57. The number of benzene rings is 1. The number of hydrogen-bond donors (Lipinski definition) is 5. The van der Waals surface area contributed by atoms with Gasteiger partial charge in [0.1, 0.15) is 30.2 Å². The zero-order valence-corrected chi connectivity index (χ0v) is 13.8. The zero-order valence-electron chi connectivity index (χ0n) is 13.8. The number of methoxy groups -OCH3 is 1. The molecule has 1 aromatic rings. The summed E-state index contributed by atoms with van der Waals surface area (Å²) >= 11 is 0. The molecule has 0 radical (unpaired) electrons. The van der Waals surface area contributed by atoms with Gasteiger partial charge in [0.25, 0.3) is 0 Å². The maximum absolute atomic E-state index is 10.1. The van der Waals surface area contributed by atoms with E-state index in [9.17, 15) is 20.4 Å². The van der Waals surface area contributed by atoms with E-state index in [-0.39, 0.29) is 0 Å². The number of hydrogen-bond acceptors (Lipinski definition) is 8. The lowest BCUT2D eigenvalue weighted by Gasteiger charge is -2.39. The molecule has 0 bridgehead atoms. The Hall–Kier alpha value is -1.42. The Kier molecular flexibility index (Phi) is 6.79. The topological polar surface area (TPSA) is 121 Å². The summed E-state index contributed by atoms with van der Waals surface area (Å²) in [5, 5.41) is 42.1. The van der Waals surface area contributed by atoms with Crippen LogP contribution in [0.25, 0.3) is 0 Å². The predicted octanol–water partition coefficient (Wildman–Crippen LogP) is -0.557. The van der Waals surface area contributed by atoms with Crippen LogP contribution in [0, 0.1) is 0 Å². The van der Waals surface area contributed by atoms with Crippen molar-refractivity contribution in [3.63, 3.8) is 0 Å². The third kappa shape index (κ3) is 4.15. The molecule has 1 fully saturated rings. The average Bonchev–Trinajstić information content (AvgIpc) is 2.58. The molecule has 8 heteroatoms. The lowest BCUT2D eigenvalue weighted by atomic mass is 9.99. The third-order valence-electron chi connectivity index (χ3n) is 3.81. The molecule has 0 amide bonds. The SMILES string of the molecule is CCNc1cc(COC)ccc1OC1OC(CO)C(O)C(O)C1O. The Bertz CT molecular complexity index is 525. The Balaban J connectivity index is 2.19. The van der Waals surface area contributed by atoms with Crippen molar-refractivity contribution in [2.45, 2.75) is 44.2 Å². The Labute approximate surface area is 140 Å².